The van der Waals surface area contributed by atoms with Crippen molar-refractivity contribution >= 4 is 21.8 Å². The van der Waals surface area contributed by atoms with E-state index in [0.717, 1.165) is 27.4 Å². The minimum Gasteiger partial charge on any atom is -0.320 e. The van der Waals surface area contributed by atoms with E-state index in [-0.39, 0.29) is 5.56 Å². The van der Waals surface area contributed by atoms with Gasteiger partial charge in [0, 0.05) is 28.0 Å². The number of aromatic amines is 1. The lowest BCUT2D eigenvalue weighted by Gasteiger charge is -2.06. The summed E-state index contributed by atoms with van der Waals surface area (Å²) in [5, 5.41) is 1.90. The van der Waals surface area contributed by atoms with Crippen molar-refractivity contribution in [1.82, 2.24) is 9.97 Å². The van der Waals surface area contributed by atoms with Crippen LogP contribution in [0.3, 0.4) is 0 Å². The smallest absolute Gasteiger partial charge is 0.274 e. The zero-order valence-corrected chi connectivity index (χ0v) is 11.2. The second-order valence-electron chi connectivity index (χ2n) is 4.99. The number of hydrogen-bond donors (Lipinski definition) is 1. The summed E-state index contributed by atoms with van der Waals surface area (Å²) in [5.41, 5.74) is 3.27. The Kier molecular flexibility index (Phi) is 2.57. The molecule has 3 heteroatoms. The summed E-state index contributed by atoms with van der Waals surface area (Å²) in [6.07, 6.45) is 1.75. The van der Waals surface area contributed by atoms with Crippen LogP contribution in [0.5, 0.6) is 0 Å². The van der Waals surface area contributed by atoms with Crippen molar-refractivity contribution in [3.63, 3.8) is 0 Å². The molecule has 0 atom stereocenters. The number of rotatable bonds is 1. The Balaban J connectivity index is 2.11. The maximum atomic E-state index is 12.1. The maximum Gasteiger partial charge on any atom is 0.274 e. The number of H-pyrrole nitrogens is 1. The van der Waals surface area contributed by atoms with Crippen LogP contribution < -0.4 is 5.56 Å². The highest BCUT2D eigenvalue weighted by Gasteiger charge is 2.07. The largest absolute Gasteiger partial charge is 0.320 e. The molecule has 0 aliphatic heterocycles. The fourth-order valence-electron chi connectivity index (χ4n) is 2.65. The Morgan fingerprint density at radius 2 is 1.57 bits per heavy atom. The summed E-state index contributed by atoms with van der Waals surface area (Å²) in [4.78, 5) is 19.4. The van der Waals surface area contributed by atoms with Crippen molar-refractivity contribution in [3.8, 4) is 11.1 Å². The topological polar surface area (TPSA) is 45.8 Å². The summed E-state index contributed by atoms with van der Waals surface area (Å²) in [6.45, 7) is 0. The molecule has 0 bridgehead atoms. The van der Waals surface area contributed by atoms with Gasteiger partial charge in [0.25, 0.3) is 5.56 Å². The number of aromatic nitrogens is 2. The molecule has 0 aliphatic carbocycles. The molecule has 2 aromatic heterocycles. The van der Waals surface area contributed by atoms with Gasteiger partial charge in [-0.2, -0.15) is 0 Å². The fraction of sp³-hybridized carbons (Fsp3) is 0. The van der Waals surface area contributed by atoms with Gasteiger partial charge in [-0.25, -0.2) is 4.98 Å². The molecule has 4 rings (SSSR count). The first kappa shape index (κ1) is 11.9. The van der Waals surface area contributed by atoms with E-state index in [1.54, 1.807) is 6.20 Å². The molecule has 0 amide bonds. The zero-order valence-electron chi connectivity index (χ0n) is 11.2. The predicted octanol–water partition coefficient (Wildman–Crippen LogP) is 3.74. The van der Waals surface area contributed by atoms with Crippen molar-refractivity contribution in [2.45, 2.75) is 0 Å². The Morgan fingerprint density at radius 1 is 0.810 bits per heavy atom. The van der Waals surface area contributed by atoms with Crippen molar-refractivity contribution < 1.29 is 0 Å². The van der Waals surface area contributed by atoms with E-state index in [2.05, 4.69) is 9.97 Å². The average Bonchev–Trinajstić information content (AvgIpc) is 2.55. The Labute approximate surface area is 120 Å². The highest BCUT2D eigenvalue weighted by atomic mass is 16.1. The van der Waals surface area contributed by atoms with Gasteiger partial charge in [-0.15, -0.1) is 0 Å². The molecular formula is C18H12N2O. The molecule has 0 spiro atoms. The van der Waals surface area contributed by atoms with Gasteiger partial charge in [0.1, 0.15) is 5.52 Å². The van der Waals surface area contributed by atoms with Gasteiger partial charge in [0.15, 0.2) is 0 Å². The van der Waals surface area contributed by atoms with Crippen LogP contribution in [0.15, 0.2) is 71.7 Å². The highest BCUT2D eigenvalue weighted by molar-refractivity contribution is 6.04. The van der Waals surface area contributed by atoms with Crippen molar-refractivity contribution in [2.75, 3.05) is 0 Å². The molecule has 21 heavy (non-hydrogen) atoms. The number of pyridine rings is 2. The fourth-order valence-corrected chi connectivity index (χ4v) is 2.65. The molecule has 4 aromatic rings. The number of nitrogens with zero attached hydrogens (tertiary/aromatic N) is 1. The van der Waals surface area contributed by atoms with Crippen LogP contribution in [0.1, 0.15) is 0 Å². The second-order valence-corrected chi connectivity index (χ2v) is 4.99. The third-order valence-corrected chi connectivity index (χ3v) is 3.68. The lowest BCUT2D eigenvalue weighted by atomic mass is 10.0. The van der Waals surface area contributed by atoms with Gasteiger partial charge in [-0.3, -0.25) is 4.79 Å². The van der Waals surface area contributed by atoms with Gasteiger partial charge in [0.2, 0.25) is 0 Å². The van der Waals surface area contributed by atoms with Gasteiger partial charge >= 0.3 is 0 Å². The summed E-state index contributed by atoms with van der Waals surface area (Å²) in [7, 11) is 0. The SMILES string of the molecule is O=c1[nH]c2ccccc2c2cc(-c3ccccc3)cnc12. The van der Waals surface area contributed by atoms with Crippen LogP contribution in [0.4, 0.5) is 0 Å². The molecule has 3 nitrogen and oxygen atoms in total. The number of fused-ring (bicyclic) bond motifs is 3. The molecule has 100 valence electrons. The number of hydrogen-bond acceptors (Lipinski definition) is 2. The van der Waals surface area contributed by atoms with Crippen molar-refractivity contribution in [1.29, 1.82) is 0 Å². The number of nitrogens with one attached hydrogen (secondary N) is 1. The summed E-state index contributed by atoms with van der Waals surface area (Å²) < 4.78 is 0. The van der Waals surface area contributed by atoms with E-state index in [1.807, 2.05) is 60.7 Å². The molecule has 2 heterocycles. The normalized spacial score (nSPS) is 11.0. The molecule has 0 aliphatic rings. The van der Waals surface area contributed by atoms with Crippen LogP contribution in [0.2, 0.25) is 0 Å². The molecule has 0 fully saturated rings. The van der Waals surface area contributed by atoms with E-state index >= 15 is 0 Å². The third kappa shape index (κ3) is 1.91. The van der Waals surface area contributed by atoms with E-state index < -0.39 is 0 Å². The minimum atomic E-state index is -0.150. The molecule has 0 unspecified atom stereocenters. The summed E-state index contributed by atoms with van der Waals surface area (Å²) in [5.74, 6) is 0. The molecule has 0 saturated heterocycles. The van der Waals surface area contributed by atoms with Gasteiger partial charge in [-0.05, 0) is 17.7 Å². The van der Waals surface area contributed by atoms with Gasteiger partial charge < -0.3 is 4.98 Å². The first-order valence-corrected chi connectivity index (χ1v) is 6.79. The Bertz CT molecular complexity index is 1000. The van der Waals surface area contributed by atoms with Crippen molar-refractivity contribution in [2.24, 2.45) is 0 Å². The minimum absolute atomic E-state index is 0.150. The first-order chi connectivity index (χ1) is 10.3. The van der Waals surface area contributed by atoms with Crippen LogP contribution in [-0.2, 0) is 0 Å². The second kappa shape index (κ2) is 4.56. The third-order valence-electron chi connectivity index (χ3n) is 3.68. The lowest BCUT2D eigenvalue weighted by molar-refractivity contribution is 1.29. The van der Waals surface area contributed by atoms with Crippen LogP contribution >= 0.6 is 0 Å². The van der Waals surface area contributed by atoms with E-state index in [9.17, 15) is 4.79 Å². The van der Waals surface area contributed by atoms with Gasteiger partial charge in [0.05, 0.1) is 0 Å². The Hall–Kier alpha value is -2.94. The lowest BCUT2D eigenvalue weighted by Crippen LogP contribution is -2.08. The molecule has 2 aromatic carbocycles. The molecule has 1 N–H and O–H groups in total. The molecule has 0 saturated carbocycles. The van der Waals surface area contributed by atoms with E-state index in [1.165, 1.54) is 0 Å². The predicted molar refractivity (Wildman–Crippen MR) is 85.3 cm³/mol. The number of para-hydroxylation sites is 1. The van der Waals surface area contributed by atoms with Crippen LogP contribution in [0.25, 0.3) is 32.9 Å². The summed E-state index contributed by atoms with van der Waals surface area (Å²) >= 11 is 0. The Morgan fingerprint density at radius 3 is 2.43 bits per heavy atom. The van der Waals surface area contributed by atoms with Gasteiger partial charge in [-0.1, -0.05) is 48.5 Å². The first-order valence-electron chi connectivity index (χ1n) is 6.79. The molecular weight excluding hydrogens is 260 g/mol. The quantitative estimate of drug-likeness (QED) is 0.536. The standard InChI is InChI=1S/C18H12N2O/c21-18-17-15(14-8-4-5-9-16(14)20-18)10-13(11-19-17)12-6-2-1-3-7-12/h1-11H,(H,20,21). The van der Waals surface area contributed by atoms with Crippen LogP contribution in [0, 0.1) is 0 Å². The zero-order chi connectivity index (χ0) is 14.2. The molecule has 0 radical (unpaired) electrons. The van der Waals surface area contributed by atoms with E-state index in [0.29, 0.717) is 5.52 Å². The van der Waals surface area contributed by atoms with Crippen LogP contribution in [-0.4, -0.2) is 9.97 Å². The van der Waals surface area contributed by atoms with Crippen molar-refractivity contribution in [3.05, 3.63) is 77.2 Å². The van der Waals surface area contributed by atoms with E-state index in [4.69, 9.17) is 0 Å². The highest BCUT2D eigenvalue weighted by Crippen LogP contribution is 2.25. The monoisotopic (exact) mass is 272 g/mol. The summed E-state index contributed by atoms with van der Waals surface area (Å²) in [6, 6.07) is 19.9. The number of benzene rings is 2. The maximum absolute atomic E-state index is 12.1. The average molecular weight is 272 g/mol.